The van der Waals surface area contributed by atoms with Crippen LogP contribution in [0.2, 0.25) is 0 Å². The molecule has 0 aliphatic carbocycles. The van der Waals surface area contributed by atoms with Gasteiger partial charge >= 0.3 is 6.01 Å². The summed E-state index contributed by atoms with van der Waals surface area (Å²) in [7, 11) is 0. The van der Waals surface area contributed by atoms with E-state index in [1.807, 2.05) is 18.2 Å². The molecular formula is C34H38N6O3. The highest BCUT2D eigenvalue weighted by molar-refractivity contribution is 6.13. The molecule has 1 amide bonds. The summed E-state index contributed by atoms with van der Waals surface area (Å²) in [6.07, 6.45) is 12.2. The summed E-state index contributed by atoms with van der Waals surface area (Å²) in [5, 5.41) is 15.9. The van der Waals surface area contributed by atoms with E-state index >= 15 is 0 Å². The lowest BCUT2D eigenvalue weighted by Crippen LogP contribution is -2.52. The number of phenols is 1. The Morgan fingerprint density at radius 3 is 2.81 bits per heavy atom. The van der Waals surface area contributed by atoms with Crippen LogP contribution in [0, 0.1) is 18.3 Å². The van der Waals surface area contributed by atoms with E-state index in [-0.39, 0.29) is 23.2 Å². The third-order valence-electron chi connectivity index (χ3n) is 10.4. The zero-order chi connectivity index (χ0) is 29.3. The first-order chi connectivity index (χ1) is 20.9. The van der Waals surface area contributed by atoms with E-state index in [4.69, 9.17) is 21.1 Å². The normalized spacial score (nSPS) is 28.3. The standard InChI is InChI=1S/C34H38N6O3/c1-3-22-6-4-7-23-14-26(41)15-28(29(22)23)40-13-10-27-30(32(40)42)36-33(37-31(27)38-18-24-8-9-25(19-38)35-24)43-20-34-11-5-12-39(34)17-21(2)16-34/h1,4,6-7,14-15,21,24-25,35,41H,5,8-13,16-20H2,2H3/t21?,24?,25?,34-/m0/s1. The molecule has 43 heavy (non-hydrogen) atoms. The molecule has 3 aromatic rings. The molecule has 8 rings (SSSR count). The van der Waals surface area contributed by atoms with Gasteiger partial charge in [0.15, 0.2) is 0 Å². The Balaban J connectivity index is 1.19. The van der Waals surface area contributed by atoms with Gasteiger partial charge in [0.2, 0.25) is 0 Å². The van der Waals surface area contributed by atoms with Crippen molar-refractivity contribution < 1.29 is 14.6 Å². The molecule has 0 spiro atoms. The fourth-order valence-corrected chi connectivity index (χ4v) is 8.58. The number of aromatic nitrogens is 2. The monoisotopic (exact) mass is 578 g/mol. The minimum atomic E-state index is -0.221. The molecule has 9 nitrogen and oxygen atoms in total. The molecule has 4 fully saturated rings. The maximum absolute atomic E-state index is 14.4. The fraction of sp³-hybridized carbons (Fsp3) is 0.500. The van der Waals surface area contributed by atoms with Crippen LogP contribution in [0.5, 0.6) is 11.8 Å². The van der Waals surface area contributed by atoms with Crippen molar-refractivity contribution in [3.05, 3.63) is 47.2 Å². The second-order valence-corrected chi connectivity index (χ2v) is 13.3. The molecule has 1 aromatic heterocycles. The number of ether oxygens (including phenoxy) is 1. The number of benzene rings is 2. The van der Waals surface area contributed by atoms with E-state index in [2.05, 4.69) is 28.0 Å². The van der Waals surface area contributed by atoms with Crippen LogP contribution in [0.25, 0.3) is 10.8 Å². The Morgan fingerprint density at radius 1 is 1.16 bits per heavy atom. The molecule has 5 aliphatic rings. The quantitative estimate of drug-likeness (QED) is 0.443. The molecule has 0 radical (unpaired) electrons. The Labute approximate surface area is 252 Å². The van der Waals surface area contributed by atoms with Gasteiger partial charge in [0.25, 0.3) is 5.91 Å². The van der Waals surface area contributed by atoms with Gasteiger partial charge in [-0.1, -0.05) is 25.0 Å². The van der Waals surface area contributed by atoms with E-state index in [1.54, 1.807) is 17.0 Å². The Hall–Kier alpha value is -3.87. The third kappa shape index (κ3) is 4.42. The van der Waals surface area contributed by atoms with Gasteiger partial charge in [0.05, 0.1) is 11.2 Å². The number of terminal acetylenes is 1. The zero-order valence-electron chi connectivity index (χ0n) is 24.7. The number of hydrogen-bond acceptors (Lipinski definition) is 8. The van der Waals surface area contributed by atoms with Crippen LogP contribution in [-0.2, 0) is 6.42 Å². The van der Waals surface area contributed by atoms with Crippen LogP contribution in [0.4, 0.5) is 11.5 Å². The number of carbonyl (C=O) groups is 1. The van der Waals surface area contributed by atoms with Gasteiger partial charge in [0.1, 0.15) is 23.9 Å². The minimum Gasteiger partial charge on any atom is -0.508 e. The predicted octanol–water partition coefficient (Wildman–Crippen LogP) is 3.71. The van der Waals surface area contributed by atoms with Gasteiger partial charge in [0, 0.05) is 60.8 Å². The lowest BCUT2D eigenvalue weighted by atomic mass is 9.92. The number of fused-ring (bicyclic) bond motifs is 5. The number of amides is 1. The van der Waals surface area contributed by atoms with Crippen molar-refractivity contribution in [1.29, 1.82) is 0 Å². The second-order valence-electron chi connectivity index (χ2n) is 13.3. The van der Waals surface area contributed by atoms with Crippen molar-refractivity contribution in [2.45, 2.75) is 63.1 Å². The van der Waals surface area contributed by atoms with Crippen molar-refractivity contribution in [2.24, 2.45) is 5.92 Å². The molecule has 9 heteroatoms. The third-order valence-corrected chi connectivity index (χ3v) is 10.4. The number of nitrogens with one attached hydrogen (secondary N) is 1. The Kier molecular flexibility index (Phi) is 6.28. The smallest absolute Gasteiger partial charge is 0.319 e. The molecule has 6 heterocycles. The molecule has 2 N–H and O–H groups in total. The number of nitrogens with zero attached hydrogens (tertiary/aromatic N) is 5. The van der Waals surface area contributed by atoms with E-state index in [0.29, 0.717) is 54.5 Å². The number of hydrogen-bond donors (Lipinski definition) is 2. The first-order valence-corrected chi connectivity index (χ1v) is 15.7. The average molecular weight is 579 g/mol. The van der Waals surface area contributed by atoms with E-state index in [9.17, 15) is 9.90 Å². The van der Waals surface area contributed by atoms with Crippen LogP contribution in [0.1, 0.15) is 60.6 Å². The van der Waals surface area contributed by atoms with Crippen molar-refractivity contribution in [2.75, 3.05) is 49.1 Å². The highest BCUT2D eigenvalue weighted by atomic mass is 16.5. The van der Waals surface area contributed by atoms with Gasteiger partial charge in [-0.05, 0) is 68.5 Å². The number of aromatic hydroxyl groups is 1. The lowest BCUT2D eigenvalue weighted by molar-refractivity contribution is 0.0963. The molecule has 2 bridgehead atoms. The molecule has 3 unspecified atom stereocenters. The summed E-state index contributed by atoms with van der Waals surface area (Å²) in [4.78, 5) is 30.9. The molecule has 2 aromatic carbocycles. The maximum Gasteiger partial charge on any atom is 0.319 e. The highest BCUT2D eigenvalue weighted by Gasteiger charge is 2.48. The predicted molar refractivity (Wildman–Crippen MR) is 166 cm³/mol. The number of anilines is 2. The van der Waals surface area contributed by atoms with Crippen LogP contribution >= 0.6 is 0 Å². The fourth-order valence-electron chi connectivity index (χ4n) is 8.58. The molecule has 5 aliphatic heterocycles. The Bertz CT molecular complexity index is 1660. The molecular weight excluding hydrogens is 540 g/mol. The topological polar surface area (TPSA) is 94.1 Å². The summed E-state index contributed by atoms with van der Waals surface area (Å²) < 4.78 is 6.48. The van der Waals surface area contributed by atoms with Crippen molar-refractivity contribution in [3.8, 4) is 24.1 Å². The zero-order valence-corrected chi connectivity index (χ0v) is 24.7. The number of carbonyl (C=O) groups excluding carboxylic acids is 1. The van der Waals surface area contributed by atoms with Crippen LogP contribution < -0.4 is 19.9 Å². The van der Waals surface area contributed by atoms with Crippen LogP contribution in [0.3, 0.4) is 0 Å². The lowest BCUT2D eigenvalue weighted by Gasteiger charge is -2.37. The minimum absolute atomic E-state index is 0.0230. The van der Waals surface area contributed by atoms with E-state index < -0.39 is 0 Å². The average Bonchev–Trinajstić information content (AvgIpc) is 3.65. The molecule has 222 valence electrons. The number of piperazine rings is 1. The van der Waals surface area contributed by atoms with Gasteiger partial charge in [-0.15, -0.1) is 6.42 Å². The molecule has 4 saturated heterocycles. The van der Waals surface area contributed by atoms with Crippen molar-refractivity contribution in [1.82, 2.24) is 20.2 Å². The number of phenolic OH excluding ortho intramolecular Hbond substituents is 1. The first-order valence-electron chi connectivity index (χ1n) is 15.7. The van der Waals surface area contributed by atoms with E-state index in [1.165, 1.54) is 6.42 Å². The van der Waals surface area contributed by atoms with Crippen molar-refractivity contribution in [3.63, 3.8) is 0 Å². The summed E-state index contributed by atoms with van der Waals surface area (Å²) in [5.74, 6) is 4.10. The van der Waals surface area contributed by atoms with Crippen molar-refractivity contribution >= 4 is 28.2 Å². The highest BCUT2D eigenvalue weighted by Crippen LogP contribution is 2.42. The first kappa shape index (κ1) is 26.7. The maximum atomic E-state index is 14.4. The van der Waals surface area contributed by atoms with Gasteiger partial charge in [-0.3, -0.25) is 9.69 Å². The van der Waals surface area contributed by atoms with Crippen LogP contribution in [0.15, 0.2) is 30.3 Å². The van der Waals surface area contributed by atoms with E-state index in [0.717, 1.165) is 74.0 Å². The summed E-state index contributed by atoms with van der Waals surface area (Å²) in [5.41, 5.74) is 2.57. The summed E-state index contributed by atoms with van der Waals surface area (Å²) in [6.45, 7) is 7.21. The molecule has 4 atom stereocenters. The van der Waals surface area contributed by atoms with Gasteiger partial charge in [-0.25, -0.2) is 0 Å². The second kappa shape index (κ2) is 10.1. The largest absolute Gasteiger partial charge is 0.508 e. The SMILES string of the molecule is C#Cc1cccc2cc(O)cc(N3CCc4c(nc(OC[C@@]56CCCN5CC(C)C6)nc4N4CC5CCC(C4)N5)C3=O)c12. The Morgan fingerprint density at radius 2 is 2.00 bits per heavy atom. The van der Waals surface area contributed by atoms with Gasteiger partial charge in [-0.2, -0.15) is 9.97 Å². The molecule has 0 saturated carbocycles. The number of rotatable bonds is 5. The van der Waals surface area contributed by atoms with Crippen LogP contribution in [-0.4, -0.2) is 82.8 Å². The summed E-state index contributed by atoms with van der Waals surface area (Å²) in [6, 6.07) is 10.1. The summed E-state index contributed by atoms with van der Waals surface area (Å²) >= 11 is 0. The van der Waals surface area contributed by atoms with Gasteiger partial charge < -0.3 is 25.0 Å².